The highest BCUT2D eigenvalue weighted by Crippen LogP contribution is 2.36. The molecule has 1 fully saturated rings. The first-order valence-electron chi connectivity index (χ1n) is 10.4. The number of phenols is 1. The summed E-state index contributed by atoms with van der Waals surface area (Å²) in [6.45, 7) is 7.88. The Morgan fingerprint density at radius 2 is 1.84 bits per heavy atom. The lowest BCUT2D eigenvalue weighted by molar-refractivity contribution is -0.137. The van der Waals surface area contributed by atoms with E-state index in [1.807, 2.05) is 0 Å². The number of aromatic nitrogens is 1. The average molecular weight is 452 g/mol. The summed E-state index contributed by atoms with van der Waals surface area (Å²) in [4.78, 5) is 27.3. The number of rotatable bonds is 2. The van der Waals surface area contributed by atoms with E-state index >= 15 is 0 Å². The van der Waals surface area contributed by atoms with Crippen molar-refractivity contribution >= 4 is 6.09 Å². The van der Waals surface area contributed by atoms with Gasteiger partial charge < -0.3 is 19.3 Å². The first kappa shape index (κ1) is 23.7. The van der Waals surface area contributed by atoms with Crippen molar-refractivity contribution in [1.29, 1.82) is 0 Å². The molecular weight excluding hydrogens is 425 g/mol. The average Bonchev–Trinajstić information content (AvgIpc) is 2.67. The Balaban J connectivity index is 1.95. The number of hydrogen-bond acceptors (Lipinski definition) is 4. The van der Waals surface area contributed by atoms with Gasteiger partial charge in [0.2, 0.25) is 0 Å². The third kappa shape index (κ3) is 5.26. The predicted molar refractivity (Wildman–Crippen MR) is 114 cm³/mol. The standard InChI is InChI=1S/C23H27F3N2O4/c1-14-10-18(17-8-7-15(11-19(17)29)23(24,25)26)20(30)28(12-14)16-6-5-9-27(13-16)21(31)32-22(2,3)4/h7-8,10-12,16,29H,5-6,9,13H2,1-4H3. The Hall–Kier alpha value is -2.97. The number of carbonyl (C=O) groups excluding carboxylic acids is 1. The number of piperidine rings is 1. The van der Waals surface area contributed by atoms with Crippen molar-refractivity contribution in [1.82, 2.24) is 9.47 Å². The van der Waals surface area contributed by atoms with E-state index in [0.29, 0.717) is 31.0 Å². The van der Waals surface area contributed by atoms with Crippen molar-refractivity contribution in [3.05, 3.63) is 51.9 Å². The molecule has 2 aromatic rings. The van der Waals surface area contributed by atoms with Gasteiger partial charge in [0.1, 0.15) is 11.4 Å². The number of ether oxygens (including phenoxy) is 1. The van der Waals surface area contributed by atoms with Crippen LogP contribution in [-0.4, -0.2) is 39.4 Å². The molecule has 6 nitrogen and oxygen atoms in total. The second-order valence-corrected chi connectivity index (χ2v) is 9.10. The fourth-order valence-corrected chi connectivity index (χ4v) is 3.82. The number of aryl methyl sites for hydroxylation is 1. The number of aromatic hydroxyl groups is 1. The van der Waals surface area contributed by atoms with Gasteiger partial charge in [-0.05, 0) is 70.4 Å². The minimum atomic E-state index is -4.60. The molecule has 0 spiro atoms. The molecule has 1 aromatic carbocycles. The number of amides is 1. The van der Waals surface area contributed by atoms with Gasteiger partial charge >= 0.3 is 12.3 Å². The van der Waals surface area contributed by atoms with E-state index in [-0.39, 0.29) is 23.7 Å². The molecule has 3 rings (SSSR count). The van der Waals surface area contributed by atoms with Crippen LogP contribution in [0.3, 0.4) is 0 Å². The van der Waals surface area contributed by atoms with Crippen LogP contribution in [0.2, 0.25) is 0 Å². The molecule has 2 heterocycles. The third-order valence-electron chi connectivity index (χ3n) is 5.24. The highest BCUT2D eigenvalue weighted by molar-refractivity contribution is 5.70. The maximum Gasteiger partial charge on any atom is 0.416 e. The molecule has 1 amide bonds. The van der Waals surface area contributed by atoms with Crippen LogP contribution in [0.1, 0.15) is 50.8 Å². The molecule has 174 valence electrons. The van der Waals surface area contributed by atoms with E-state index in [0.717, 1.165) is 12.1 Å². The molecule has 9 heteroatoms. The van der Waals surface area contributed by atoms with Crippen LogP contribution in [0.25, 0.3) is 11.1 Å². The minimum Gasteiger partial charge on any atom is -0.507 e. The molecule has 32 heavy (non-hydrogen) atoms. The van der Waals surface area contributed by atoms with Gasteiger partial charge in [-0.2, -0.15) is 13.2 Å². The molecule has 1 atom stereocenters. The maximum absolute atomic E-state index is 13.3. The summed E-state index contributed by atoms with van der Waals surface area (Å²) in [6, 6.07) is 3.78. The maximum atomic E-state index is 13.3. The van der Waals surface area contributed by atoms with Gasteiger partial charge in [0.05, 0.1) is 17.2 Å². The summed E-state index contributed by atoms with van der Waals surface area (Å²) >= 11 is 0. The molecule has 0 aliphatic carbocycles. The summed E-state index contributed by atoms with van der Waals surface area (Å²) < 4.78 is 45.7. The van der Waals surface area contributed by atoms with E-state index in [1.165, 1.54) is 10.6 Å². The summed E-state index contributed by atoms with van der Waals surface area (Å²) in [7, 11) is 0. The number of carbonyl (C=O) groups is 1. The van der Waals surface area contributed by atoms with Gasteiger partial charge in [0.15, 0.2) is 0 Å². The molecule has 1 aliphatic rings. The van der Waals surface area contributed by atoms with Gasteiger partial charge in [0.25, 0.3) is 5.56 Å². The fraction of sp³-hybridized carbons (Fsp3) is 0.478. The lowest BCUT2D eigenvalue weighted by Crippen LogP contribution is -2.45. The number of nitrogens with zero attached hydrogens (tertiary/aromatic N) is 2. The van der Waals surface area contributed by atoms with E-state index in [2.05, 4.69) is 0 Å². The van der Waals surface area contributed by atoms with Crippen molar-refractivity contribution < 1.29 is 27.8 Å². The Morgan fingerprint density at radius 3 is 2.44 bits per heavy atom. The highest BCUT2D eigenvalue weighted by atomic mass is 19.4. The second kappa shape index (κ2) is 8.52. The zero-order valence-corrected chi connectivity index (χ0v) is 18.5. The molecule has 1 saturated heterocycles. The summed E-state index contributed by atoms with van der Waals surface area (Å²) in [5.41, 5.74) is -1.25. The number of hydrogen-bond donors (Lipinski definition) is 1. The number of likely N-dealkylation sites (tertiary alicyclic amines) is 1. The number of phenolic OH excluding ortho intramolecular Hbond substituents is 1. The zero-order valence-electron chi connectivity index (χ0n) is 18.5. The Kier molecular flexibility index (Phi) is 6.31. The molecule has 0 bridgehead atoms. The number of halogens is 3. The molecule has 1 aromatic heterocycles. The van der Waals surface area contributed by atoms with Crippen LogP contribution in [0.15, 0.2) is 35.3 Å². The molecule has 1 N–H and O–H groups in total. The Labute approximate surface area is 184 Å². The van der Waals surface area contributed by atoms with Gasteiger partial charge in [-0.1, -0.05) is 0 Å². The van der Waals surface area contributed by atoms with Crippen molar-refractivity contribution in [3.8, 4) is 16.9 Å². The topological polar surface area (TPSA) is 71.8 Å². The quantitative estimate of drug-likeness (QED) is 0.687. The van der Waals surface area contributed by atoms with Crippen molar-refractivity contribution in [2.24, 2.45) is 0 Å². The number of alkyl halides is 3. The Bertz CT molecular complexity index is 1070. The highest BCUT2D eigenvalue weighted by Gasteiger charge is 2.32. The summed E-state index contributed by atoms with van der Waals surface area (Å²) in [5.74, 6) is -0.617. The van der Waals surface area contributed by atoms with E-state index in [9.17, 15) is 27.9 Å². The van der Waals surface area contributed by atoms with Crippen LogP contribution in [0.4, 0.5) is 18.0 Å². The zero-order chi connectivity index (χ0) is 23.8. The van der Waals surface area contributed by atoms with E-state index < -0.39 is 34.7 Å². The van der Waals surface area contributed by atoms with Crippen LogP contribution in [0.5, 0.6) is 5.75 Å². The van der Waals surface area contributed by atoms with Gasteiger partial charge in [-0.3, -0.25) is 4.79 Å². The van der Waals surface area contributed by atoms with E-state index in [1.54, 1.807) is 38.8 Å². The van der Waals surface area contributed by atoms with Crippen molar-refractivity contribution in [3.63, 3.8) is 0 Å². The van der Waals surface area contributed by atoms with E-state index in [4.69, 9.17) is 4.74 Å². The summed E-state index contributed by atoms with van der Waals surface area (Å²) in [6.07, 6.45) is -2.07. The lowest BCUT2D eigenvalue weighted by atomic mass is 10.0. The lowest BCUT2D eigenvalue weighted by Gasteiger charge is -2.35. The molecule has 1 unspecified atom stereocenters. The third-order valence-corrected chi connectivity index (χ3v) is 5.24. The predicted octanol–water partition coefficient (Wildman–Crippen LogP) is 5.12. The van der Waals surface area contributed by atoms with Gasteiger partial charge in [0, 0.05) is 24.8 Å². The smallest absolute Gasteiger partial charge is 0.416 e. The van der Waals surface area contributed by atoms with Crippen molar-refractivity contribution in [2.45, 2.75) is 58.4 Å². The first-order valence-corrected chi connectivity index (χ1v) is 10.4. The van der Waals surface area contributed by atoms with Crippen LogP contribution >= 0.6 is 0 Å². The molecular formula is C23H27F3N2O4. The van der Waals surface area contributed by atoms with Gasteiger partial charge in [-0.15, -0.1) is 0 Å². The minimum absolute atomic E-state index is 0.0280. The summed E-state index contributed by atoms with van der Waals surface area (Å²) in [5, 5.41) is 10.2. The van der Waals surface area contributed by atoms with Crippen LogP contribution in [-0.2, 0) is 10.9 Å². The fourth-order valence-electron chi connectivity index (χ4n) is 3.82. The van der Waals surface area contributed by atoms with Crippen LogP contribution < -0.4 is 5.56 Å². The van der Waals surface area contributed by atoms with Crippen LogP contribution in [0, 0.1) is 6.92 Å². The van der Waals surface area contributed by atoms with Crippen molar-refractivity contribution in [2.75, 3.05) is 13.1 Å². The monoisotopic (exact) mass is 452 g/mol. The Morgan fingerprint density at radius 1 is 1.16 bits per heavy atom. The molecule has 1 aliphatic heterocycles. The first-order chi connectivity index (χ1) is 14.8. The molecule has 0 radical (unpaired) electrons. The molecule has 0 saturated carbocycles. The normalized spacial score (nSPS) is 17.3. The SMILES string of the molecule is Cc1cc(-c2ccc(C(F)(F)F)cc2O)c(=O)n(C2CCCN(C(=O)OC(C)(C)C)C2)c1. The largest absolute Gasteiger partial charge is 0.507 e. The second-order valence-electron chi connectivity index (χ2n) is 9.10. The number of benzene rings is 1. The number of pyridine rings is 1. The van der Waals surface area contributed by atoms with Gasteiger partial charge in [-0.25, -0.2) is 4.79 Å².